The largest absolute Gasteiger partial charge is 0.507 e. The molecule has 5 heteroatoms. The Morgan fingerprint density at radius 1 is 1.03 bits per heavy atom. The highest BCUT2D eigenvalue weighted by Crippen LogP contribution is 2.35. The monoisotopic (exact) mass is 406 g/mol. The van der Waals surface area contributed by atoms with Crippen molar-refractivity contribution in [1.29, 1.82) is 0 Å². The Balaban J connectivity index is 0.000000269. The molecule has 3 N–H and O–H groups in total. The molecule has 0 aliphatic rings. The molecule has 0 radical (unpaired) electrons. The van der Waals surface area contributed by atoms with Crippen LogP contribution in [0.2, 0.25) is 0 Å². The molecule has 0 heterocycles. The smallest absolute Gasteiger partial charge is 0.339 e. The number of methoxy groups -OCH3 is 1. The molecular formula is C25H26O5. The van der Waals surface area contributed by atoms with E-state index in [1.54, 1.807) is 25.3 Å². The van der Waals surface area contributed by atoms with E-state index >= 15 is 0 Å². The highest BCUT2D eigenvalue weighted by Gasteiger charge is 2.14. The second kappa shape index (κ2) is 10.7. The summed E-state index contributed by atoms with van der Waals surface area (Å²) in [6.07, 6.45) is 3.44. The van der Waals surface area contributed by atoms with Crippen molar-refractivity contribution in [2.45, 2.75) is 19.8 Å². The van der Waals surface area contributed by atoms with Gasteiger partial charge in [0.15, 0.2) is 11.5 Å². The number of para-hydroxylation sites is 1. The van der Waals surface area contributed by atoms with Gasteiger partial charge in [-0.05, 0) is 60.2 Å². The number of allylic oxidation sites excluding steroid dienone is 1. The Labute approximate surface area is 176 Å². The van der Waals surface area contributed by atoms with Gasteiger partial charge >= 0.3 is 5.97 Å². The number of carboxylic acids is 1. The Morgan fingerprint density at radius 2 is 1.67 bits per heavy atom. The van der Waals surface area contributed by atoms with Crippen LogP contribution in [-0.2, 0) is 12.8 Å². The summed E-state index contributed by atoms with van der Waals surface area (Å²) in [5.41, 5.74) is 4.44. The number of rotatable bonds is 6. The molecule has 30 heavy (non-hydrogen) atoms. The number of phenolic OH excluding ortho intramolecular Hbond substituents is 1. The highest BCUT2D eigenvalue weighted by atomic mass is 16.5. The molecule has 0 aliphatic carbocycles. The average molecular weight is 406 g/mol. The van der Waals surface area contributed by atoms with Crippen LogP contribution in [0.15, 0.2) is 73.3 Å². The standard InChI is InChI=1S/C18H20O2.C7H6O3/c1-4-8-16-13(2)18(20-3)17(19)12-15(16)11-14-9-6-5-7-10-14;8-6-4-2-1-3-5(6)7(9)10/h4-7,9-10,12,19H,1,8,11H2,2-3H3;1-4,8H,(H,9,10). The van der Waals surface area contributed by atoms with Crippen molar-refractivity contribution in [3.05, 3.63) is 101 Å². The van der Waals surface area contributed by atoms with E-state index in [-0.39, 0.29) is 17.1 Å². The molecule has 3 rings (SSSR count). The van der Waals surface area contributed by atoms with E-state index in [0.717, 1.165) is 24.0 Å². The Hall–Kier alpha value is -3.73. The van der Waals surface area contributed by atoms with Gasteiger partial charge in [0.2, 0.25) is 0 Å². The molecule has 156 valence electrons. The van der Waals surface area contributed by atoms with Crippen LogP contribution in [0.25, 0.3) is 0 Å². The van der Waals surface area contributed by atoms with Gasteiger partial charge in [-0.1, -0.05) is 48.5 Å². The molecule has 0 amide bonds. The lowest BCUT2D eigenvalue weighted by Gasteiger charge is -2.16. The van der Waals surface area contributed by atoms with E-state index in [2.05, 4.69) is 18.7 Å². The molecule has 0 saturated carbocycles. The third-order valence-electron chi connectivity index (χ3n) is 4.65. The van der Waals surface area contributed by atoms with Gasteiger partial charge in [0.25, 0.3) is 0 Å². The summed E-state index contributed by atoms with van der Waals surface area (Å²) in [7, 11) is 1.58. The molecule has 0 aliphatic heterocycles. The van der Waals surface area contributed by atoms with Crippen LogP contribution >= 0.6 is 0 Å². The fraction of sp³-hybridized carbons (Fsp3) is 0.160. The zero-order valence-corrected chi connectivity index (χ0v) is 17.1. The van der Waals surface area contributed by atoms with Crippen LogP contribution in [0.4, 0.5) is 0 Å². The summed E-state index contributed by atoms with van der Waals surface area (Å²) in [6.45, 7) is 5.80. The minimum atomic E-state index is -1.11. The van der Waals surface area contributed by atoms with Gasteiger partial charge < -0.3 is 20.1 Å². The topological polar surface area (TPSA) is 87.0 Å². The number of hydrogen-bond donors (Lipinski definition) is 3. The second-order valence-electron chi connectivity index (χ2n) is 6.67. The van der Waals surface area contributed by atoms with E-state index in [4.69, 9.17) is 14.9 Å². The highest BCUT2D eigenvalue weighted by molar-refractivity contribution is 5.90. The number of carboxylic acid groups (broad SMARTS) is 1. The number of ether oxygens (including phenoxy) is 1. The molecule has 3 aromatic carbocycles. The second-order valence-corrected chi connectivity index (χ2v) is 6.67. The number of hydrogen-bond acceptors (Lipinski definition) is 4. The number of aromatic hydroxyl groups is 2. The van der Waals surface area contributed by atoms with Crippen LogP contribution in [0.1, 0.15) is 32.6 Å². The summed E-state index contributed by atoms with van der Waals surface area (Å²) in [5.74, 6) is -0.560. The Kier molecular flexibility index (Phi) is 8.06. The van der Waals surface area contributed by atoms with Crippen LogP contribution in [0.5, 0.6) is 17.2 Å². The summed E-state index contributed by atoms with van der Waals surface area (Å²) in [4.78, 5) is 10.3. The fourth-order valence-corrected chi connectivity index (χ4v) is 3.20. The first-order valence-corrected chi connectivity index (χ1v) is 9.43. The van der Waals surface area contributed by atoms with E-state index in [1.165, 1.54) is 23.3 Å². The fourth-order valence-electron chi connectivity index (χ4n) is 3.20. The summed E-state index contributed by atoms with van der Waals surface area (Å²) in [5, 5.41) is 27.4. The zero-order valence-electron chi connectivity index (χ0n) is 17.1. The lowest BCUT2D eigenvalue weighted by molar-refractivity contribution is 0.0693. The maximum absolute atomic E-state index is 10.3. The summed E-state index contributed by atoms with van der Waals surface area (Å²) >= 11 is 0. The number of aromatic carboxylic acids is 1. The van der Waals surface area contributed by atoms with Gasteiger partial charge in [0.05, 0.1) is 7.11 Å². The molecule has 0 unspecified atom stereocenters. The van der Waals surface area contributed by atoms with Gasteiger partial charge in [-0.2, -0.15) is 0 Å². The van der Waals surface area contributed by atoms with Crippen molar-refractivity contribution in [2.75, 3.05) is 7.11 Å². The van der Waals surface area contributed by atoms with Crippen LogP contribution in [0, 0.1) is 6.92 Å². The average Bonchev–Trinajstić information content (AvgIpc) is 2.72. The molecule has 0 atom stereocenters. The van der Waals surface area contributed by atoms with Crippen molar-refractivity contribution >= 4 is 5.97 Å². The van der Waals surface area contributed by atoms with E-state index in [0.29, 0.717) is 5.75 Å². The molecule has 0 fully saturated rings. The Morgan fingerprint density at radius 3 is 2.20 bits per heavy atom. The lowest BCUT2D eigenvalue weighted by Crippen LogP contribution is -2.01. The summed E-state index contributed by atoms with van der Waals surface area (Å²) < 4.78 is 5.28. The molecular weight excluding hydrogens is 380 g/mol. The first-order chi connectivity index (χ1) is 14.4. The van der Waals surface area contributed by atoms with Crippen LogP contribution < -0.4 is 4.74 Å². The van der Waals surface area contributed by atoms with Crippen molar-refractivity contribution in [3.8, 4) is 17.2 Å². The van der Waals surface area contributed by atoms with E-state index in [9.17, 15) is 9.90 Å². The predicted molar refractivity (Wildman–Crippen MR) is 118 cm³/mol. The quantitative estimate of drug-likeness (QED) is 0.495. The number of carbonyl (C=O) groups is 1. The van der Waals surface area contributed by atoms with Gasteiger partial charge in [-0.3, -0.25) is 0 Å². The van der Waals surface area contributed by atoms with Crippen molar-refractivity contribution in [3.63, 3.8) is 0 Å². The number of benzene rings is 3. The maximum atomic E-state index is 10.3. The molecule has 0 saturated heterocycles. The van der Waals surface area contributed by atoms with Crippen molar-refractivity contribution in [2.24, 2.45) is 0 Å². The summed E-state index contributed by atoms with van der Waals surface area (Å²) in [6, 6.07) is 17.9. The minimum Gasteiger partial charge on any atom is -0.507 e. The molecule has 0 spiro atoms. The Bertz CT molecular complexity index is 1010. The number of phenols is 2. The van der Waals surface area contributed by atoms with Gasteiger partial charge in [0, 0.05) is 0 Å². The van der Waals surface area contributed by atoms with Gasteiger partial charge in [-0.25, -0.2) is 4.79 Å². The van der Waals surface area contributed by atoms with E-state index < -0.39 is 5.97 Å². The van der Waals surface area contributed by atoms with Crippen LogP contribution in [-0.4, -0.2) is 28.4 Å². The van der Waals surface area contributed by atoms with Gasteiger partial charge in [0.1, 0.15) is 11.3 Å². The lowest BCUT2D eigenvalue weighted by atomic mass is 9.93. The molecule has 0 aromatic heterocycles. The van der Waals surface area contributed by atoms with E-state index in [1.807, 2.05) is 31.2 Å². The molecule has 0 bridgehead atoms. The normalized spacial score (nSPS) is 9.93. The first kappa shape index (κ1) is 22.6. The van der Waals surface area contributed by atoms with Gasteiger partial charge in [-0.15, -0.1) is 6.58 Å². The zero-order chi connectivity index (χ0) is 22.1. The first-order valence-electron chi connectivity index (χ1n) is 9.43. The van der Waals surface area contributed by atoms with Crippen LogP contribution in [0.3, 0.4) is 0 Å². The maximum Gasteiger partial charge on any atom is 0.339 e. The minimum absolute atomic E-state index is 0.0671. The predicted octanol–water partition coefficient (Wildman–Crippen LogP) is 5.12. The molecule has 3 aromatic rings. The van der Waals surface area contributed by atoms with Crippen molar-refractivity contribution in [1.82, 2.24) is 0 Å². The van der Waals surface area contributed by atoms with Crippen molar-refractivity contribution < 1.29 is 24.9 Å². The molecule has 5 nitrogen and oxygen atoms in total. The third kappa shape index (κ3) is 5.64. The third-order valence-corrected chi connectivity index (χ3v) is 4.65. The SMILES string of the molecule is C=CCc1c(Cc2ccccc2)cc(O)c(OC)c1C.O=C(O)c1ccccc1O.